The second-order valence-electron chi connectivity index (χ2n) is 9.86. The number of aliphatic hydroxyl groups excluding tert-OH is 1. The van der Waals surface area contributed by atoms with Crippen molar-refractivity contribution in [2.45, 2.75) is 77.4 Å². The van der Waals surface area contributed by atoms with Crippen LogP contribution >= 0.6 is 0 Å². The maximum Gasteiger partial charge on any atom is 0.353 e. The lowest BCUT2D eigenvalue weighted by Gasteiger charge is -2.22. The highest BCUT2D eigenvalue weighted by Crippen LogP contribution is 2.30. The van der Waals surface area contributed by atoms with Gasteiger partial charge in [-0.2, -0.15) is 4.98 Å². The van der Waals surface area contributed by atoms with Gasteiger partial charge in [-0.1, -0.05) is 57.9 Å². The van der Waals surface area contributed by atoms with Gasteiger partial charge < -0.3 is 24.7 Å². The Kier molecular flexibility index (Phi) is 8.23. The fourth-order valence-corrected chi connectivity index (χ4v) is 4.61. The molecule has 0 amide bonds. The summed E-state index contributed by atoms with van der Waals surface area (Å²) in [6.45, 7) is 5.96. The van der Waals surface area contributed by atoms with Crippen molar-refractivity contribution in [3.05, 3.63) is 52.6 Å². The minimum absolute atomic E-state index is 0.126. The van der Waals surface area contributed by atoms with Crippen molar-refractivity contribution < 1.29 is 24.2 Å². The predicted molar refractivity (Wildman–Crippen MR) is 136 cm³/mol. The number of aryl methyl sites for hydroxylation is 1. The van der Waals surface area contributed by atoms with E-state index in [1.807, 2.05) is 32.0 Å². The van der Waals surface area contributed by atoms with Gasteiger partial charge >= 0.3 is 11.7 Å². The minimum atomic E-state index is -0.957. The summed E-state index contributed by atoms with van der Waals surface area (Å²) in [6.07, 6.45) is 4.26. The van der Waals surface area contributed by atoms with Gasteiger partial charge in [0.05, 0.1) is 17.6 Å². The van der Waals surface area contributed by atoms with Crippen LogP contribution in [0.1, 0.15) is 58.2 Å². The number of rotatable bonds is 11. The van der Waals surface area contributed by atoms with E-state index < -0.39 is 36.1 Å². The number of carboxylic acids is 1. The van der Waals surface area contributed by atoms with E-state index in [9.17, 15) is 19.8 Å². The van der Waals surface area contributed by atoms with E-state index in [1.54, 1.807) is 6.20 Å². The number of aliphatic carboxylic acids is 1. The van der Waals surface area contributed by atoms with Crippen molar-refractivity contribution >= 4 is 17.1 Å². The average molecular weight is 498 g/mol. The van der Waals surface area contributed by atoms with E-state index in [1.165, 1.54) is 29.4 Å². The number of hydrogen-bond acceptors (Lipinski definition) is 7. The first-order valence-electron chi connectivity index (χ1n) is 12.7. The third kappa shape index (κ3) is 5.86. The van der Waals surface area contributed by atoms with Crippen LogP contribution in [0, 0.1) is 5.92 Å². The number of aromatic nitrogens is 2. The normalized spacial score (nSPS) is 20.9. The lowest BCUT2D eigenvalue weighted by atomic mass is 10.0. The molecule has 36 heavy (non-hydrogen) atoms. The Morgan fingerprint density at radius 3 is 2.67 bits per heavy atom. The highest BCUT2D eigenvalue weighted by atomic mass is 16.5. The molecule has 3 heterocycles. The Morgan fingerprint density at radius 2 is 2.00 bits per heavy atom. The summed E-state index contributed by atoms with van der Waals surface area (Å²) >= 11 is 0. The number of carboxylic acid groups (broad SMARTS) is 1. The van der Waals surface area contributed by atoms with Gasteiger partial charge in [-0.15, -0.1) is 0 Å². The molecule has 0 radical (unpaired) electrons. The van der Waals surface area contributed by atoms with Gasteiger partial charge in [0.2, 0.25) is 5.71 Å². The molecule has 1 aliphatic rings. The van der Waals surface area contributed by atoms with Crippen molar-refractivity contribution in [2.24, 2.45) is 5.92 Å². The van der Waals surface area contributed by atoms with Crippen LogP contribution in [-0.2, 0) is 16.0 Å². The van der Waals surface area contributed by atoms with Gasteiger partial charge in [0.25, 0.3) is 0 Å². The number of hydrogen-bond donors (Lipinski definition) is 3. The fraction of sp³-hybridized carbons (Fsp3) is 0.519. The summed E-state index contributed by atoms with van der Waals surface area (Å²) in [5.41, 5.74) is 1.90. The monoisotopic (exact) mass is 497 g/mol. The first-order valence-corrected chi connectivity index (χ1v) is 12.7. The molecule has 9 heteroatoms. The summed E-state index contributed by atoms with van der Waals surface area (Å²) in [6, 6.07) is 9.31. The Hall–Kier alpha value is -3.01. The summed E-state index contributed by atoms with van der Waals surface area (Å²) in [4.78, 5) is 28.2. The van der Waals surface area contributed by atoms with Gasteiger partial charge in [-0.05, 0) is 30.4 Å². The van der Waals surface area contributed by atoms with E-state index in [0.717, 1.165) is 12.0 Å². The maximum atomic E-state index is 12.7. The van der Waals surface area contributed by atoms with Crippen LogP contribution in [-0.4, -0.2) is 50.5 Å². The second kappa shape index (κ2) is 11.4. The smallest absolute Gasteiger partial charge is 0.353 e. The number of carbonyl (C=O) groups is 1. The van der Waals surface area contributed by atoms with Crippen molar-refractivity contribution in [3.63, 3.8) is 0 Å². The van der Waals surface area contributed by atoms with E-state index in [0.29, 0.717) is 11.1 Å². The third-order valence-electron chi connectivity index (χ3n) is 6.73. The molecule has 0 saturated carbocycles. The van der Waals surface area contributed by atoms with Crippen LogP contribution in [0.25, 0.3) is 22.4 Å². The zero-order chi connectivity index (χ0) is 25.8. The third-order valence-corrected chi connectivity index (χ3v) is 6.73. The van der Waals surface area contributed by atoms with Crippen LogP contribution in [0.5, 0.6) is 0 Å². The van der Waals surface area contributed by atoms with Gasteiger partial charge in [0, 0.05) is 24.7 Å². The summed E-state index contributed by atoms with van der Waals surface area (Å²) in [5.74, 6) is -0.460. The lowest BCUT2D eigenvalue weighted by molar-refractivity contribution is -0.141. The molecule has 1 fully saturated rings. The summed E-state index contributed by atoms with van der Waals surface area (Å²) in [5, 5.41) is 23.5. The first-order chi connectivity index (χ1) is 17.3. The number of benzene rings is 1. The quantitative estimate of drug-likeness (QED) is 0.342. The molecule has 1 aromatic carbocycles. The maximum absolute atomic E-state index is 12.7. The van der Waals surface area contributed by atoms with Gasteiger partial charge in [0.1, 0.15) is 18.0 Å². The number of fused-ring (bicyclic) bond motifs is 1. The summed E-state index contributed by atoms with van der Waals surface area (Å²) in [7, 11) is 0. The average Bonchev–Trinajstić information content (AvgIpc) is 3.41. The number of nitrogens with zero attached hydrogens (tertiary/aromatic N) is 2. The number of unbranched alkanes of at least 4 members (excludes halogenated alkanes) is 2. The molecule has 3 N–H and O–H groups in total. The van der Waals surface area contributed by atoms with Gasteiger partial charge in [-0.3, -0.25) is 9.36 Å². The second-order valence-corrected chi connectivity index (χ2v) is 9.86. The highest BCUT2D eigenvalue weighted by molar-refractivity contribution is 5.79. The Balaban J connectivity index is 1.47. The number of aliphatic hydroxyl groups is 1. The Morgan fingerprint density at radius 1 is 1.25 bits per heavy atom. The molecule has 0 bridgehead atoms. The SMILES string of the molecule is CCCCCc1ccc(-c2cc3cn(C4CC(O)C(CNC(C(=O)O)C(C)C)O4)c(=O)nc3o2)cc1. The van der Waals surface area contributed by atoms with E-state index in [2.05, 4.69) is 29.4 Å². The van der Waals surface area contributed by atoms with Crippen molar-refractivity contribution in [2.75, 3.05) is 6.54 Å². The molecule has 0 spiro atoms. The molecule has 2 aromatic heterocycles. The van der Waals surface area contributed by atoms with Crippen molar-refractivity contribution in [3.8, 4) is 11.3 Å². The first kappa shape index (κ1) is 26.1. The van der Waals surface area contributed by atoms with E-state index >= 15 is 0 Å². The molecule has 0 aliphatic carbocycles. The zero-order valence-corrected chi connectivity index (χ0v) is 21.0. The Labute approximate surface area is 210 Å². The van der Waals surface area contributed by atoms with Crippen LogP contribution < -0.4 is 11.0 Å². The van der Waals surface area contributed by atoms with E-state index in [-0.39, 0.29) is 24.6 Å². The molecule has 4 atom stereocenters. The predicted octanol–water partition coefficient (Wildman–Crippen LogP) is 3.74. The highest BCUT2D eigenvalue weighted by Gasteiger charge is 2.36. The molecule has 9 nitrogen and oxygen atoms in total. The molecule has 3 aromatic rings. The zero-order valence-electron chi connectivity index (χ0n) is 21.0. The summed E-state index contributed by atoms with van der Waals surface area (Å²) < 4.78 is 13.2. The molecule has 1 saturated heterocycles. The number of furan rings is 1. The largest absolute Gasteiger partial charge is 0.480 e. The molecule has 4 rings (SSSR count). The van der Waals surface area contributed by atoms with Crippen LogP contribution in [0.2, 0.25) is 0 Å². The standard InChI is InChI=1S/C27H35N3O6/c1-4-5-6-7-17-8-10-18(11-9-17)21-12-19-15-30(27(34)29-25(19)36-21)23-13-20(31)22(35-23)14-28-24(16(2)3)26(32)33/h8-12,15-16,20,22-24,28,31H,4-7,13-14H2,1-3H3,(H,32,33). The van der Waals surface area contributed by atoms with Crippen molar-refractivity contribution in [1.82, 2.24) is 14.9 Å². The fourth-order valence-electron chi connectivity index (χ4n) is 4.61. The molecule has 1 aliphatic heterocycles. The molecular formula is C27H35N3O6. The number of nitrogens with one attached hydrogen (secondary N) is 1. The molecule has 194 valence electrons. The van der Waals surface area contributed by atoms with Crippen LogP contribution in [0.15, 0.2) is 45.7 Å². The molecular weight excluding hydrogens is 462 g/mol. The minimum Gasteiger partial charge on any atom is -0.480 e. The topological polar surface area (TPSA) is 127 Å². The number of ether oxygens (including phenoxy) is 1. The van der Waals surface area contributed by atoms with Gasteiger partial charge in [0.15, 0.2) is 0 Å². The Bertz CT molecular complexity index is 1230. The van der Waals surface area contributed by atoms with Crippen molar-refractivity contribution in [1.29, 1.82) is 0 Å². The van der Waals surface area contributed by atoms with Gasteiger partial charge in [-0.25, -0.2) is 4.79 Å². The van der Waals surface area contributed by atoms with Crippen LogP contribution in [0.3, 0.4) is 0 Å². The van der Waals surface area contributed by atoms with E-state index in [4.69, 9.17) is 9.15 Å². The lowest BCUT2D eigenvalue weighted by Crippen LogP contribution is -2.46. The van der Waals surface area contributed by atoms with Crippen LogP contribution in [0.4, 0.5) is 0 Å². The molecule has 4 unspecified atom stereocenters.